The summed E-state index contributed by atoms with van der Waals surface area (Å²) < 4.78 is 18.2. The lowest BCUT2D eigenvalue weighted by Gasteiger charge is -2.16. The van der Waals surface area contributed by atoms with Gasteiger partial charge in [-0.3, -0.25) is 9.59 Å². The van der Waals surface area contributed by atoms with E-state index < -0.39 is 6.04 Å². The van der Waals surface area contributed by atoms with Gasteiger partial charge in [-0.1, -0.05) is 51.0 Å². The Hall–Kier alpha value is -3.45. The van der Waals surface area contributed by atoms with Crippen molar-refractivity contribution in [1.29, 1.82) is 0 Å². The van der Waals surface area contributed by atoms with Gasteiger partial charge in [-0.2, -0.15) is 0 Å². The summed E-state index contributed by atoms with van der Waals surface area (Å²) in [6.45, 7) is 5.31. The van der Waals surface area contributed by atoms with Crippen molar-refractivity contribution >= 4 is 22.1 Å². The summed E-state index contributed by atoms with van der Waals surface area (Å²) in [7, 11) is 0. The first-order chi connectivity index (χ1) is 18.1. The van der Waals surface area contributed by atoms with Crippen LogP contribution in [0.1, 0.15) is 55.8 Å². The van der Waals surface area contributed by atoms with E-state index in [4.69, 9.17) is 14.2 Å². The molecule has 37 heavy (non-hydrogen) atoms. The lowest BCUT2D eigenvalue weighted by Crippen LogP contribution is -2.20. The predicted octanol–water partition coefficient (Wildman–Crippen LogP) is 7.26. The highest BCUT2D eigenvalue weighted by molar-refractivity contribution is 8.26. The van der Waals surface area contributed by atoms with E-state index in [2.05, 4.69) is 25.2 Å². The molecule has 1 atom stereocenters. The minimum atomic E-state index is -0.586. The Kier molecular flexibility index (Phi) is 9.49. The number of carbonyl (C=O) groups is 2. The number of hydrogen-bond donors (Lipinski definition) is 1. The lowest BCUT2D eigenvalue weighted by atomic mass is 10.0. The molecule has 0 spiro atoms. The van der Waals surface area contributed by atoms with Crippen molar-refractivity contribution in [1.82, 2.24) is 5.32 Å². The number of hydrogen-bond acceptors (Lipinski definition) is 6. The van der Waals surface area contributed by atoms with Crippen molar-refractivity contribution in [3.63, 3.8) is 0 Å². The van der Waals surface area contributed by atoms with Gasteiger partial charge in [0.05, 0.1) is 13.2 Å². The molecule has 1 fully saturated rings. The van der Waals surface area contributed by atoms with Crippen molar-refractivity contribution < 1.29 is 23.8 Å². The molecule has 0 saturated carbocycles. The molecule has 4 rings (SSSR count). The summed E-state index contributed by atoms with van der Waals surface area (Å²) in [5.41, 5.74) is 2.97. The van der Waals surface area contributed by atoms with Crippen LogP contribution in [-0.2, 0) is 17.6 Å². The zero-order valence-electron chi connectivity index (χ0n) is 21.3. The van der Waals surface area contributed by atoms with Crippen LogP contribution in [0.2, 0.25) is 0 Å². The van der Waals surface area contributed by atoms with Gasteiger partial charge in [0.15, 0.2) is 0 Å². The monoisotopic (exact) mass is 519 g/mol. The van der Waals surface area contributed by atoms with Crippen LogP contribution in [0, 0.1) is 0 Å². The van der Waals surface area contributed by atoms with E-state index in [1.165, 1.54) is 0 Å². The second-order valence-corrected chi connectivity index (χ2v) is 9.87. The molecule has 0 aromatic heterocycles. The van der Waals surface area contributed by atoms with E-state index in [-0.39, 0.29) is 10.4 Å². The maximum atomic E-state index is 12.1. The lowest BCUT2D eigenvalue weighted by molar-refractivity contribution is -0.112. The van der Waals surface area contributed by atoms with E-state index in [1.54, 1.807) is 0 Å². The number of ether oxygens (including phenoxy) is 3. The third-order valence-electron chi connectivity index (χ3n) is 5.96. The highest BCUT2D eigenvalue weighted by atomic mass is 32.2. The van der Waals surface area contributed by atoms with Crippen molar-refractivity contribution in [3.05, 3.63) is 83.4 Å². The Morgan fingerprint density at radius 2 is 1.43 bits per heavy atom. The average molecular weight is 520 g/mol. The second-order valence-electron chi connectivity index (χ2n) is 8.89. The molecule has 1 heterocycles. The fourth-order valence-electron chi connectivity index (χ4n) is 4.23. The van der Waals surface area contributed by atoms with Gasteiger partial charge in [0.1, 0.15) is 29.0 Å². The minimum absolute atomic E-state index is 0.166. The van der Waals surface area contributed by atoms with Gasteiger partial charge in [-0.05, 0) is 72.0 Å². The smallest absolute Gasteiger partial charge is 0.287 e. The number of amides is 1. The summed E-state index contributed by atoms with van der Waals surface area (Å²) in [6.07, 6.45) is 4.44. The van der Waals surface area contributed by atoms with Crippen molar-refractivity contribution in [2.45, 2.75) is 52.0 Å². The van der Waals surface area contributed by atoms with Crippen molar-refractivity contribution in [2.24, 2.45) is 0 Å². The molecule has 3 aromatic carbocycles. The topological polar surface area (TPSA) is 73.9 Å². The molecule has 1 aliphatic rings. The quantitative estimate of drug-likeness (QED) is 0.240. The molecule has 1 saturated heterocycles. The number of carbonyl (C=O) groups excluding carboxylic acids is 2. The van der Waals surface area contributed by atoms with Gasteiger partial charge >= 0.3 is 0 Å². The van der Waals surface area contributed by atoms with Gasteiger partial charge in [-0.25, -0.2) is 0 Å². The normalized spacial score (nSPS) is 14.9. The summed E-state index contributed by atoms with van der Waals surface area (Å²) in [5, 5.41) is 2.26. The maximum absolute atomic E-state index is 12.1. The van der Waals surface area contributed by atoms with Gasteiger partial charge in [-0.15, -0.1) is 0 Å². The Bertz CT molecular complexity index is 1210. The summed E-state index contributed by atoms with van der Waals surface area (Å²) in [4.78, 5) is 23.7. The fourth-order valence-corrected chi connectivity index (χ4v) is 4.91. The van der Waals surface area contributed by atoms with E-state index in [0.29, 0.717) is 13.2 Å². The van der Waals surface area contributed by atoms with Crippen LogP contribution in [0.5, 0.6) is 23.0 Å². The van der Waals surface area contributed by atoms with Crippen LogP contribution in [0.3, 0.4) is 0 Å². The molecule has 194 valence electrons. The molecule has 7 heteroatoms. The van der Waals surface area contributed by atoms with E-state index in [0.717, 1.165) is 83.6 Å². The SMILES string of the molecule is CCCc1cc(Oc2ccccc2)ccc1OCCCOc1ccc(C2NC(=O)SC2=O)cc1CCC. The van der Waals surface area contributed by atoms with Crippen LogP contribution in [0.25, 0.3) is 0 Å². The number of rotatable bonds is 13. The first-order valence-corrected chi connectivity index (χ1v) is 13.7. The van der Waals surface area contributed by atoms with Crippen molar-refractivity contribution in [2.75, 3.05) is 13.2 Å². The molecule has 1 aliphatic heterocycles. The molecule has 3 aromatic rings. The predicted molar refractivity (Wildman–Crippen MR) is 147 cm³/mol. The van der Waals surface area contributed by atoms with E-state index in [1.807, 2.05) is 60.7 Å². The van der Waals surface area contributed by atoms with Gasteiger partial charge in [0.2, 0.25) is 5.12 Å². The number of benzene rings is 3. The van der Waals surface area contributed by atoms with Crippen LogP contribution >= 0.6 is 11.8 Å². The highest BCUT2D eigenvalue weighted by Crippen LogP contribution is 2.32. The second kappa shape index (κ2) is 13.2. The summed E-state index contributed by atoms with van der Waals surface area (Å²) in [5.74, 6) is 3.29. The number of thioether (sulfide) groups is 1. The largest absolute Gasteiger partial charge is 0.493 e. The zero-order chi connectivity index (χ0) is 26.0. The highest BCUT2D eigenvalue weighted by Gasteiger charge is 2.32. The van der Waals surface area contributed by atoms with Gasteiger partial charge in [0, 0.05) is 18.2 Å². The molecular formula is C30H33NO5S. The Morgan fingerprint density at radius 3 is 2.05 bits per heavy atom. The Morgan fingerprint density at radius 1 is 0.784 bits per heavy atom. The van der Waals surface area contributed by atoms with E-state index in [9.17, 15) is 9.59 Å². The Balaban J connectivity index is 1.31. The van der Waals surface area contributed by atoms with Crippen LogP contribution in [0.15, 0.2) is 66.7 Å². The molecule has 1 N–H and O–H groups in total. The summed E-state index contributed by atoms with van der Waals surface area (Å²) >= 11 is 0.728. The average Bonchev–Trinajstić information content (AvgIpc) is 3.24. The molecule has 1 amide bonds. The molecule has 6 nitrogen and oxygen atoms in total. The van der Waals surface area contributed by atoms with Gasteiger partial charge < -0.3 is 19.5 Å². The first kappa shape index (κ1) is 26.6. The molecule has 1 unspecified atom stereocenters. The van der Waals surface area contributed by atoms with Crippen LogP contribution in [-0.4, -0.2) is 23.6 Å². The standard InChI is InChI=1S/C30H33NO5S/c1-3-9-21-19-23(28-29(32)37-30(33)31-28)13-15-26(21)34-17-8-18-35-27-16-14-25(20-22(27)10-4-2)36-24-11-6-5-7-12-24/h5-7,11-16,19-20,28H,3-4,8-10,17-18H2,1-2H3,(H,31,33). The van der Waals surface area contributed by atoms with Crippen molar-refractivity contribution in [3.8, 4) is 23.0 Å². The Labute approximate surface area is 222 Å². The molecule has 0 radical (unpaired) electrons. The molecular weight excluding hydrogens is 486 g/mol. The summed E-state index contributed by atoms with van der Waals surface area (Å²) in [6, 6.07) is 20.9. The van der Waals surface area contributed by atoms with Crippen LogP contribution < -0.4 is 19.5 Å². The number of para-hydroxylation sites is 1. The number of nitrogens with one attached hydrogen (secondary N) is 1. The third kappa shape index (κ3) is 7.29. The number of aryl methyl sites for hydroxylation is 2. The minimum Gasteiger partial charge on any atom is -0.493 e. The fraction of sp³-hybridized carbons (Fsp3) is 0.333. The van der Waals surface area contributed by atoms with E-state index >= 15 is 0 Å². The van der Waals surface area contributed by atoms with Gasteiger partial charge in [0.25, 0.3) is 5.24 Å². The van der Waals surface area contributed by atoms with Crippen LogP contribution in [0.4, 0.5) is 4.79 Å². The first-order valence-electron chi connectivity index (χ1n) is 12.8. The molecule has 0 bridgehead atoms. The third-order valence-corrected chi connectivity index (χ3v) is 6.70. The maximum Gasteiger partial charge on any atom is 0.287 e. The molecule has 0 aliphatic carbocycles. The zero-order valence-corrected chi connectivity index (χ0v) is 22.1.